The predicted molar refractivity (Wildman–Crippen MR) is 121 cm³/mol. The third-order valence-electron chi connectivity index (χ3n) is 5.40. The highest BCUT2D eigenvalue weighted by Gasteiger charge is 2.31. The van der Waals surface area contributed by atoms with Crippen molar-refractivity contribution in [1.82, 2.24) is 14.2 Å². The molecule has 1 saturated heterocycles. The summed E-state index contributed by atoms with van der Waals surface area (Å²) in [6.07, 6.45) is 0. The van der Waals surface area contributed by atoms with E-state index < -0.39 is 10.0 Å². The smallest absolute Gasteiger partial charge is 0.265 e. The number of hydrogen-bond donors (Lipinski definition) is 0. The molecule has 0 spiro atoms. The molecule has 9 heteroatoms. The molecule has 0 aliphatic carbocycles. The van der Waals surface area contributed by atoms with Crippen molar-refractivity contribution in [2.24, 2.45) is 0 Å². The molecular weight excluding hydrogens is 438 g/mol. The normalized spacial score (nSPS) is 15.5. The zero-order valence-corrected chi connectivity index (χ0v) is 19.5. The van der Waals surface area contributed by atoms with E-state index >= 15 is 0 Å². The number of nitrogens with zero attached hydrogens (tertiary/aromatic N) is 3. The second-order valence-electron chi connectivity index (χ2n) is 7.39. The standard InChI is InChI=1S/C21H23N3O3S3/c1-14-4-5-18(12-15(14)2)30(26,27)24-9-7-23(8-10-24)21(25)19-16(3)22-20(29-19)17-6-11-28-13-17/h4-6,11-13H,7-10H2,1-3H3. The van der Waals surface area contributed by atoms with Gasteiger partial charge in [0.05, 0.1) is 10.6 Å². The maximum atomic E-state index is 13.0. The number of carbonyl (C=O) groups is 1. The fourth-order valence-corrected chi connectivity index (χ4v) is 6.66. The number of thiazole rings is 1. The first-order chi connectivity index (χ1) is 14.3. The molecule has 1 aromatic carbocycles. The summed E-state index contributed by atoms with van der Waals surface area (Å²) in [6, 6.07) is 7.20. The second-order valence-corrected chi connectivity index (χ2v) is 11.1. The largest absolute Gasteiger partial charge is 0.335 e. The van der Waals surface area contributed by atoms with Crippen LogP contribution >= 0.6 is 22.7 Å². The second kappa shape index (κ2) is 8.22. The molecule has 2 aromatic heterocycles. The van der Waals surface area contributed by atoms with Crippen LogP contribution in [0.2, 0.25) is 0 Å². The van der Waals surface area contributed by atoms with Crippen molar-refractivity contribution in [2.45, 2.75) is 25.7 Å². The van der Waals surface area contributed by atoms with Gasteiger partial charge in [0.25, 0.3) is 5.91 Å². The van der Waals surface area contributed by atoms with E-state index in [1.165, 1.54) is 15.6 Å². The first kappa shape index (κ1) is 21.2. The van der Waals surface area contributed by atoms with Crippen molar-refractivity contribution in [3.8, 4) is 10.6 Å². The Labute approximate surface area is 184 Å². The number of amides is 1. The quantitative estimate of drug-likeness (QED) is 0.590. The molecule has 3 aromatic rings. The lowest BCUT2D eigenvalue weighted by Gasteiger charge is -2.34. The van der Waals surface area contributed by atoms with Gasteiger partial charge in [-0.2, -0.15) is 15.6 Å². The first-order valence-corrected chi connectivity index (χ1v) is 12.8. The first-order valence-electron chi connectivity index (χ1n) is 9.64. The highest BCUT2D eigenvalue weighted by molar-refractivity contribution is 7.89. The molecule has 0 unspecified atom stereocenters. The van der Waals surface area contributed by atoms with Gasteiger partial charge in [0.15, 0.2) is 0 Å². The molecule has 158 valence electrons. The van der Waals surface area contributed by atoms with Gasteiger partial charge >= 0.3 is 0 Å². The molecule has 0 N–H and O–H groups in total. The summed E-state index contributed by atoms with van der Waals surface area (Å²) in [5.41, 5.74) is 3.76. The van der Waals surface area contributed by atoms with E-state index in [-0.39, 0.29) is 19.0 Å². The average molecular weight is 462 g/mol. The van der Waals surface area contributed by atoms with Crippen LogP contribution in [0.3, 0.4) is 0 Å². The van der Waals surface area contributed by atoms with E-state index in [1.54, 1.807) is 28.4 Å². The maximum absolute atomic E-state index is 13.0. The van der Waals surface area contributed by atoms with Gasteiger partial charge in [0, 0.05) is 37.1 Å². The van der Waals surface area contributed by atoms with Crippen molar-refractivity contribution < 1.29 is 13.2 Å². The van der Waals surface area contributed by atoms with E-state index in [4.69, 9.17) is 0 Å². The SMILES string of the molecule is Cc1ccc(S(=O)(=O)N2CCN(C(=O)c3sc(-c4ccsc4)nc3C)CC2)cc1C. The molecule has 1 amide bonds. The van der Waals surface area contributed by atoms with Crippen LogP contribution in [0.1, 0.15) is 26.5 Å². The lowest BCUT2D eigenvalue weighted by molar-refractivity contribution is 0.0702. The molecule has 1 fully saturated rings. The number of thiophene rings is 1. The van der Waals surface area contributed by atoms with Gasteiger partial charge < -0.3 is 4.90 Å². The molecule has 30 heavy (non-hydrogen) atoms. The predicted octanol–water partition coefficient (Wildman–Crippen LogP) is 3.94. The zero-order chi connectivity index (χ0) is 21.5. The summed E-state index contributed by atoms with van der Waals surface area (Å²) in [6.45, 7) is 7.03. The molecule has 0 bridgehead atoms. The Morgan fingerprint density at radius 1 is 1.03 bits per heavy atom. The Hall–Kier alpha value is -2.07. The van der Waals surface area contributed by atoms with Gasteiger partial charge in [-0.3, -0.25) is 4.79 Å². The van der Waals surface area contributed by atoms with Crippen molar-refractivity contribution in [3.63, 3.8) is 0 Å². The molecule has 4 rings (SSSR count). The molecule has 6 nitrogen and oxygen atoms in total. The monoisotopic (exact) mass is 461 g/mol. The van der Waals surface area contributed by atoms with Crippen LogP contribution in [-0.2, 0) is 10.0 Å². The number of sulfonamides is 1. The number of aromatic nitrogens is 1. The van der Waals surface area contributed by atoms with Gasteiger partial charge in [0.2, 0.25) is 10.0 Å². The van der Waals surface area contributed by atoms with E-state index in [2.05, 4.69) is 4.98 Å². The van der Waals surface area contributed by atoms with E-state index in [1.807, 2.05) is 43.7 Å². The van der Waals surface area contributed by atoms with Crippen LogP contribution in [-0.4, -0.2) is 54.7 Å². The molecular formula is C21H23N3O3S3. The summed E-state index contributed by atoms with van der Waals surface area (Å²) in [7, 11) is -3.56. The topological polar surface area (TPSA) is 70.6 Å². The molecule has 0 saturated carbocycles. The summed E-state index contributed by atoms with van der Waals surface area (Å²) in [5.74, 6) is -0.0743. The fourth-order valence-electron chi connectivity index (χ4n) is 3.40. The Balaban J connectivity index is 1.47. The maximum Gasteiger partial charge on any atom is 0.265 e. The molecule has 1 aliphatic heterocycles. The van der Waals surface area contributed by atoms with Crippen molar-refractivity contribution in [2.75, 3.05) is 26.2 Å². The minimum Gasteiger partial charge on any atom is -0.335 e. The van der Waals surface area contributed by atoms with Gasteiger partial charge in [-0.05, 0) is 55.5 Å². The number of hydrogen-bond acceptors (Lipinski definition) is 6. The molecule has 1 aliphatic rings. The minimum absolute atomic E-state index is 0.0743. The molecule has 3 heterocycles. The molecule has 0 radical (unpaired) electrons. The van der Waals surface area contributed by atoms with Gasteiger partial charge in [-0.1, -0.05) is 6.07 Å². The van der Waals surface area contributed by atoms with Crippen LogP contribution in [0.5, 0.6) is 0 Å². The van der Waals surface area contributed by atoms with Crippen LogP contribution in [0.4, 0.5) is 0 Å². The lowest BCUT2D eigenvalue weighted by Crippen LogP contribution is -2.50. The highest BCUT2D eigenvalue weighted by atomic mass is 32.2. The Kier molecular flexibility index (Phi) is 5.80. The Morgan fingerprint density at radius 2 is 1.77 bits per heavy atom. The third-order valence-corrected chi connectivity index (χ3v) is 9.17. The highest BCUT2D eigenvalue weighted by Crippen LogP contribution is 2.30. The third kappa shape index (κ3) is 3.94. The van der Waals surface area contributed by atoms with Gasteiger partial charge in [-0.15, -0.1) is 11.3 Å². The molecule has 0 atom stereocenters. The van der Waals surface area contributed by atoms with Crippen LogP contribution in [0.15, 0.2) is 39.9 Å². The number of piperazine rings is 1. The zero-order valence-electron chi connectivity index (χ0n) is 17.1. The summed E-state index contributed by atoms with van der Waals surface area (Å²) < 4.78 is 27.5. The summed E-state index contributed by atoms with van der Waals surface area (Å²) >= 11 is 2.99. The van der Waals surface area contributed by atoms with Gasteiger partial charge in [-0.25, -0.2) is 13.4 Å². The number of benzene rings is 1. The van der Waals surface area contributed by atoms with Crippen LogP contribution in [0, 0.1) is 20.8 Å². The Morgan fingerprint density at radius 3 is 2.40 bits per heavy atom. The van der Waals surface area contributed by atoms with Crippen LogP contribution < -0.4 is 0 Å². The summed E-state index contributed by atoms with van der Waals surface area (Å²) in [5, 5.41) is 4.85. The van der Waals surface area contributed by atoms with Crippen molar-refractivity contribution in [3.05, 3.63) is 56.7 Å². The summed E-state index contributed by atoms with van der Waals surface area (Å²) in [4.78, 5) is 20.3. The number of carbonyl (C=O) groups excluding carboxylic acids is 1. The minimum atomic E-state index is -3.56. The van der Waals surface area contributed by atoms with Crippen LogP contribution in [0.25, 0.3) is 10.6 Å². The van der Waals surface area contributed by atoms with Crippen molar-refractivity contribution >= 4 is 38.6 Å². The van der Waals surface area contributed by atoms with E-state index in [0.29, 0.717) is 22.9 Å². The van der Waals surface area contributed by atoms with E-state index in [0.717, 1.165) is 27.4 Å². The number of rotatable bonds is 4. The lowest BCUT2D eigenvalue weighted by atomic mass is 10.1. The Bertz CT molecular complexity index is 1180. The van der Waals surface area contributed by atoms with E-state index in [9.17, 15) is 13.2 Å². The van der Waals surface area contributed by atoms with Gasteiger partial charge in [0.1, 0.15) is 9.88 Å². The number of aryl methyl sites for hydroxylation is 3. The average Bonchev–Trinajstić information content (AvgIpc) is 3.39. The van der Waals surface area contributed by atoms with Crippen molar-refractivity contribution in [1.29, 1.82) is 0 Å². The fraction of sp³-hybridized carbons (Fsp3) is 0.333.